The number of sulfonamides is 1. The summed E-state index contributed by atoms with van der Waals surface area (Å²) in [5, 5.41) is -0.0263. The third kappa shape index (κ3) is 4.34. The van der Waals surface area contributed by atoms with Crippen molar-refractivity contribution in [3.05, 3.63) is 12.0 Å². The van der Waals surface area contributed by atoms with Gasteiger partial charge < -0.3 is 15.2 Å². The number of carbonyl (C=O) groups excluding carboxylic acids is 1. The zero-order valence-electron chi connectivity index (χ0n) is 14.5. The standard InChI is InChI=1S/C15H27N5O3S/c1-11-5-7-20(13(8-11)9-16)15(21)4-6-17-24(22,23)14-10-19(3)12(2)18-14/h10-11,13,17H,4-9,16H2,1-3H3. The molecule has 0 bridgehead atoms. The van der Waals surface area contributed by atoms with Gasteiger partial charge in [-0.3, -0.25) is 4.79 Å². The number of nitrogens with two attached hydrogens (primary N) is 1. The molecule has 1 aromatic heterocycles. The van der Waals surface area contributed by atoms with E-state index in [0.29, 0.717) is 24.8 Å². The SMILES string of the molecule is Cc1nc(S(=O)(=O)NCCC(=O)N2CCC(C)CC2CN)cn1C. The molecule has 0 saturated carbocycles. The summed E-state index contributed by atoms with van der Waals surface area (Å²) in [7, 11) is -1.96. The minimum atomic E-state index is -3.69. The second-order valence-electron chi connectivity index (χ2n) is 6.49. The number of amides is 1. The van der Waals surface area contributed by atoms with Crippen molar-refractivity contribution in [2.45, 2.75) is 44.2 Å². The molecule has 1 aromatic rings. The maximum absolute atomic E-state index is 12.4. The van der Waals surface area contributed by atoms with Crippen LogP contribution in [-0.4, -0.2) is 54.5 Å². The van der Waals surface area contributed by atoms with E-state index < -0.39 is 10.0 Å². The van der Waals surface area contributed by atoms with Gasteiger partial charge in [-0.15, -0.1) is 0 Å². The van der Waals surface area contributed by atoms with Crippen LogP contribution in [0.1, 0.15) is 32.0 Å². The van der Waals surface area contributed by atoms with Gasteiger partial charge in [0.05, 0.1) is 0 Å². The van der Waals surface area contributed by atoms with Gasteiger partial charge in [-0.05, 0) is 25.7 Å². The molecule has 3 N–H and O–H groups in total. The van der Waals surface area contributed by atoms with E-state index in [-0.39, 0.29) is 29.9 Å². The fourth-order valence-electron chi connectivity index (χ4n) is 2.97. The summed E-state index contributed by atoms with van der Waals surface area (Å²) in [6.07, 6.45) is 3.44. The van der Waals surface area contributed by atoms with Crippen LogP contribution in [0.25, 0.3) is 0 Å². The van der Waals surface area contributed by atoms with Gasteiger partial charge in [-0.2, -0.15) is 0 Å². The number of imidazole rings is 1. The fraction of sp³-hybridized carbons (Fsp3) is 0.733. The van der Waals surface area contributed by atoms with Gasteiger partial charge in [-0.1, -0.05) is 6.92 Å². The van der Waals surface area contributed by atoms with Crippen LogP contribution in [0.15, 0.2) is 11.2 Å². The Morgan fingerprint density at radius 2 is 2.21 bits per heavy atom. The van der Waals surface area contributed by atoms with Crippen LogP contribution < -0.4 is 10.5 Å². The molecule has 0 radical (unpaired) electrons. The number of nitrogens with one attached hydrogen (secondary N) is 1. The molecule has 9 heteroatoms. The van der Waals surface area contributed by atoms with E-state index >= 15 is 0 Å². The van der Waals surface area contributed by atoms with E-state index in [0.717, 1.165) is 12.8 Å². The largest absolute Gasteiger partial charge is 0.338 e. The highest BCUT2D eigenvalue weighted by atomic mass is 32.2. The summed E-state index contributed by atoms with van der Waals surface area (Å²) in [5.74, 6) is 1.12. The third-order valence-corrected chi connectivity index (χ3v) is 5.89. The molecule has 1 aliphatic heterocycles. The number of likely N-dealkylation sites (tertiary alicyclic amines) is 1. The zero-order chi connectivity index (χ0) is 17.9. The number of aromatic nitrogens is 2. The smallest absolute Gasteiger partial charge is 0.259 e. The molecule has 2 rings (SSSR count). The molecule has 1 aliphatic rings. The number of carbonyl (C=O) groups is 1. The molecule has 1 amide bonds. The average Bonchev–Trinajstić information content (AvgIpc) is 2.87. The highest BCUT2D eigenvalue weighted by Crippen LogP contribution is 2.22. The Morgan fingerprint density at radius 3 is 2.79 bits per heavy atom. The Morgan fingerprint density at radius 1 is 1.50 bits per heavy atom. The van der Waals surface area contributed by atoms with Crippen LogP contribution >= 0.6 is 0 Å². The summed E-state index contributed by atoms with van der Waals surface area (Å²) in [6, 6.07) is 0.0521. The van der Waals surface area contributed by atoms with Gasteiger partial charge in [0.15, 0.2) is 5.03 Å². The van der Waals surface area contributed by atoms with Gasteiger partial charge in [0.25, 0.3) is 10.0 Å². The fourth-order valence-corrected chi connectivity index (χ4v) is 4.04. The molecule has 0 aliphatic carbocycles. The van der Waals surface area contributed by atoms with Crippen molar-refractivity contribution in [1.82, 2.24) is 19.2 Å². The number of piperidine rings is 1. The lowest BCUT2D eigenvalue weighted by atomic mass is 9.92. The van der Waals surface area contributed by atoms with Crippen molar-refractivity contribution >= 4 is 15.9 Å². The minimum absolute atomic E-state index is 0.0263. The molecule has 0 spiro atoms. The maximum atomic E-state index is 12.4. The minimum Gasteiger partial charge on any atom is -0.338 e. The van der Waals surface area contributed by atoms with Crippen LogP contribution in [0, 0.1) is 12.8 Å². The molecule has 2 atom stereocenters. The average molecular weight is 357 g/mol. The summed E-state index contributed by atoms with van der Waals surface area (Å²) in [6.45, 7) is 5.07. The predicted octanol–water partition coefficient (Wildman–Crippen LogP) is -0.0173. The first-order valence-electron chi connectivity index (χ1n) is 8.23. The third-order valence-electron chi connectivity index (χ3n) is 4.56. The number of rotatable bonds is 6. The molecule has 136 valence electrons. The van der Waals surface area contributed by atoms with Crippen molar-refractivity contribution in [2.24, 2.45) is 18.7 Å². The Kier molecular flexibility index (Phi) is 6.00. The van der Waals surface area contributed by atoms with Crippen LogP contribution in [0.5, 0.6) is 0 Å². The lowest BCUT2D eigenvalue weighted by Crippen LogP contribution is -2.49. The van der Waals surface area contributed by atoms with Gasteiger partial charge >= 0.3 is 0 Å². The number of aryl methyl sites for hydroxylation is 2. The van der Waals surface area contributed by atoms with E-state index in [1.54, 1.807) is 23.4 Å². The Balaban J connectivity index is 1.90. The van der Waals surface area contributed by atoms with E-state index in [1.165, 1.54) is 6.20 Å². The number of hydrogen-bond acceptors (Lipinski definition) is 5. The first-order chi connectivity index (χ1) is 11.2. The van der Waals surface area contributed by atoms with E-state index in [4.69, 9.17) is 5.73 Å². The van der Waals surface area contributed by atoms with Crippen molar-refractivity contribution < 1.29 is 13.2 Å². The van der Waals surface area contributed by atoms with Crippen molar-refractivity contribution in [2.75, 3.05) is 19.6 Å². The molecule has 8 nitrogen and oxygen atoms in total. The summed E-state index contributed by atoms with van der Waals surface area (Å²) in [5.41, 5.74) is 5.77. The van der Waals surface area contributed by atoms with E-state index in [9.17, 15) is 13.2 Å². The van der Waals surface area contributed by atoms with Crippen molar-refractivity contribution in [3.8, 4) is 0 Å². The molecular weight excluding hydrogens is 330 g/mol. The van der Waals surface area contributed by atoms with Crippen LogP contribution in [0.2, 0.25) is 0 Å². The molecule has 1 fully saturated rings. The summed E-state index contributed by atoms with van der Waals surface area (Å²) >= 11 is 0. The van der Waals surface area contributed by atoms with Crippen LogP contribution in [-0.2, 0) is 21.9 Å². The second kappa shape index (κ2) is 7.62. The Bertz CT molecular complexity index is 666. The first-order valence-corrected chi connectivity index (χ1v) is 9.72. The monoisotopic (exact) mass is 357 g/mol. The van der Waals surface area contributed by atoms with Crippen LogP contribution in [0.3, 0.4) is 0 Å². The number of nitrogens with zero attached hydrogens (tertiary/aromatic N) is 3. The summed E-state index contributed by atoms with van der Waals surface area (Å²) < 4.78 is 28.5. The molecular formula is C15H27N5O3S. The van der Waals surface area contributed by atoms with Gasteiger partial charge in [0, 0.05) is 45.3 Å². The Labute approximate surface area is 143 Å². The molecule has 1 saturated heterocycles. The Hall–Kier alpha value is -1.45. The number of hydrogen-bond donors (Lipinski definition) is 2. The highest BCUT2D eigenvalue weighted by Gasteiger charge is 2.28. The van der Waals surface area contributed by atoms with Crippen molar-refractivity contribution in [3.63, 3.8) is 0 Å². The second-order valence-corrected chi connectivity index (χ2v) is 8.21. The lowest BCUT2D eigenvalue weighted by Gasteiger charge is -2.38. The molecule has 0 aromatic carbocycles. The van der Waals surface area contributed by atoms with Crippen molar-refractivity contribution in [1.29, 1.82) is 0 Å². The summed E-state index contributed by atoms with van der Waals surface area (Å²) in [4.78, 5) is 18.2. The zero-order valence-corrected chi connectivity index (χ0v) is 15.3. The molecule has 2 heterocycles. The topological polar surface area (TPSA) is 110 Å². The van der Waals surface area contributed by atoms with E-state index in [1.807, 2.05) is 0 Å². The predicted molar refractivity (Wildman–Crippen MR) is 90.7 cm³/mol. The first kappa shape index (κ1) is 18.9. The normalized spacial score (nSPS) is 21.9. The van der Waals surface area contributed by atoms with Gasteiger partial charge in [0.1, 0.15) is 5.82 Å². The van der Waals surface area contributed by atoms with E-state index in [2.05, 4.69) is 16.6 Å². The van der Waals surface area contributed by atoms with Gasteiger partial charge in [-0.25, -0.2) is 18.1 Å². The molecule has 2 unspecified atom stereocenters. The lowest BCUT2D eigenvalue weighted by molar-refractivity contribution is -0.135. The molecule has 24 heavy (non-hydrogen) atoms. The van der Waals surface area contributed by atoms with Crippen LogP contribution in [0.4, 0.5) is 0 Å². The maximum Gasteiger partial charge on any atom is 0.259 e. The van der Waals surface area contributed by atoms with Gasteiger partial charge in [0.2, 0.25) is 5.91 Å². The highest BCUT2D eigenvalue weighted by molar-refractivity contribution is 7.89. The quantitative estimate of drug-likeness (QED) is 0.743.